The van der Waals surface area contributed by atoms with Gasteiger partial charge in [-0.3, -0.25) is 14.8 Å². The largest absolute Gasteiger partial charge is 0.288 e. The highest BCUT2D eigenvalue weighted by molar-refractivity contribution is 6.34. The zero-order valence-electron chi connectivity index (χ0n) is 12.7. The van der Waals surface area contributed by atoms with Crippen molar-refractivity contribution in [2.45, 2.75) is 13.5 Å². The molecule has 0 atom stereocenters. The molecule has 1 amide bonds. The first kappa shape index (κ1) is 15.2. The van der Waals surface area contributed by atoms with Gasteiger partial charge in [-0.15, -0.1) is 5.10 Å². The maximum atomic E-state index is 12.2. The lowest BCUT2D eigenvalue weighted by atomic mass is 10.2. The van der Waals surface area contributed by atoms with E-state index in [4.69, 9.17) is 11.6 Å². The van der Waals surface area contributed by atoms with Gasteiger partial charge in [-0.05, 0) is 12.5 Å². The predicted molar refractivity (Wildman–Crippen MR) is 86.5 cm³/mol. The Morgan fingerprint density at radius 1 is 1.26 bits per heavy atom. The molecule has 0 unspecified atom stereocenters. The van der Waals surface area contributed by atoms with E-state index in [1.807, 2.05) is 30.3 Å². The number of nitrogens with zero attached hydrogens (tertiary/aromatic N) is 5. The third-order valence-electron chi connectivity index (χ3n) is 3.43. The summed E-state index contributed by atoms with van der Waals surface area (Å²) in [4.78, 5) is 16.3. The Morgan fingerprint density at radius 3 is 2.65 bits per heavy atom. The van der Waals surface area contributed by atoms with Crippen LogP contribution in [0.1, 0.15) is 21.7 Å². The van der Waals surface area contributed by atoms with E-state index >= 15 is 0 Å². The van der Waals surface area contributed by atoms with E-state index in [-0.39, 0.29) is 11.6 Å². The molecule has 0 radical (unpaired) electrons. The second kappa shape index (κ2) is 6.21. The third-order valence-corrected chi connectivity index (χ3v) is 3.88. The maximum Gasteiger partial charge on any atom is 0.280 e. The molecule has 3 aromatic rings. The standard InChI is InChI=1S/C15H15ClN6O/c1-10-12(16)13(19-21(10)2)14(23)18-15-17-9-22(20-15)8-11-6-4-3-5-7-11/h3-7,9H,8H2,1-2H3,(H,18,20,23). The molecule has 118 valence electrons. The van der Waals surface area contributed by atoms with E-state index < -0.39 is 5.91 Å². The van der Waals surface area contributed by atoms with Crippen molar-refractivity contribution in [3.05, 3.63) is 58.6 Å². The maximum absolute atomic E-state index is 12.2. The van der Waals surface area contributed by atoms with Crippen molar-refractivity contribution in [1.29, 1.82) is 0 Å². The summed E-state index contributed by atoms with van der Waals surface area (Å²) in [6.45, 7) is 2.37. The summed E-state index contributed by atoms with van der Waals surface area (Å²) in [5.74, 6) is -0.221. The molecule has 0 aliphatic rings. The summed E-state index contributed by atoms with van der Waals surface area (Å²) in [5, 5.41) is 11.2. The van der Waals surface area contributed by atoms with Crippen molar-refractivity contribution in [2.24, 2.45) is 7.05 Å². The third kappa shape index (κ3) is 3.24. The van der Waals surface area contributed by atoms with Gasteiger partial charge in [-0.25, -0.2) is 9.67 Å². The number of anilines is 1. The first-order chi connectivity index (χ1) is 11.0. The number of nitrogens with one attached hydrogen (secondary N) is 1. The number of hydrogen-bond donors (Lipinski definition) is 1. The number of hydrogen-bond acceptors (Lipinski definition) is 4. The van der Waals surface area contributed by atoms with E-state index in [2.05, 4.69) is 20.5 Å². The Hall–Kier alpha value is -2.67. The second-order valence-electron chi connectivity index (χ2n) is 5.08. The van der Waals surface area contributed by atoms with Crippen LogP contribution in [0, 0.1) is 6.92 Å². The molecule has 0 spiro atoms. The molecule has 2 heterocycles. The number of benzene rings is 1. The summed E-state index contributed by atoms with van der Waals surface area (Å²) in [6.07, 6.45) is 1.56. The fourth-order valence-corrected chi connectivity index (χ4v) is 2.33. The van der Waals surface area contributed by atoms with Gasteiger partial charge in [0.15, 0.2) is 5.69 Å². The molecular weight excluding hydrogens is 316 g/mol. The van der Waals surface area contributed by atoms with Crippen molar-refractivity contribution >= 4 is 23.5 Å². The minimum atomic E-state index is -0.434. The monoisotopic (exact) mass is 330 g/mol. The zero-order chi connectivity index (χ0) is 16.4. The summed E-state index contributed by atoms with van der Waals surface area (Å²) < 4.78 is 3.20. The fraction of sp³-hybridized carbons (Fsp3) is 0.200. The van der Waals surface area contributed by atoms with Crippen LogP contribution in [0.4, 0.5) is 5.95 Å². The molecule has 23 heavy (non-hydrogen) atoms. The van der Waals surface area contributed by atoms with Gasteiger partial charge >= 0.3 is 0 Å². The Kier molecular flexibility index (Phi) is 4.12. The zero-order valence-corrected chi connectivity index (χ0v) is 13.4. The van der Waals surface area contributed by atoms with Crippen LogP contribution < -0.4 is 5.32 Å². The molecule has 7 nitrogen and oxygen atoms in total. The van der Waals surface area contributed by atoms with E-state index in [0.717, 1.165) is 11.3 Å². The molecule has 8 heteroatoms. The summed E-state index contributed by atoms with van der Waals surface area (Å²) in [6, 6.07) is 9.86. The number of aryl methyl sites for hydroxylation is 1. The van der Waals surface area contributed by atoms with Crippen LogP contribution in [-0.4, -0.2) is 30.5 Å². The number of aromatic nitrogens is 5. The van der Waals surface area contributed by atoms with Gasteiger partial charge in [0.05, 0.1) is 17.3 Å². The molecule has 1 aromatic carbocycles. The van der Waals surface area contributed by atoms with Crippen LogP contribution >= 0.6 is 11.6 Å². The lowest BCUT2D eigenvalue weighted by Gasteiger charge is -2.00. The van der Waals surface area contributed by atoms with Crippen LogP contribution in [0.5, 0.6) is 0 Å². The van der Waals surface area contributed by atoms with Crippen LogP contribution in [-0.2, 0) is 13.6 Å². The quantitative estimate of drug-likeness (QED) is 0.796. The van der Waals surface area contributed by atoms with Gasteiger partial charge in [0, 0.05) is 7.05 Å². The Morgan fingerprint density at radius 2 is 2.00 bits per heavy atom. The normalized spacial score (nSPS) is 10.7. The summed E-state index contributed by atoms with van der Waals surface area (Å²) in [5.41, 5.74) is 1.98. The molecule has 0 aliphatic heterocycles. The fourth-order valence-electron chi connectivity index (χ4n) is 2.09. The topological polar surface area (TPSA) is 77.6 Å². The van der Waals surface area contributed by atoms with E-state index in [1.54, 1.807) is 29.7 Å². The highest BCUT2D eigenvalue weighted by Crippen LogP contribution is 2.19. The average molecular weight is 331 g/mol. The number of halogens is 1. The molecule has 2 aromatic heterocycles. The van der Waals surface area contributed by atoms with Gasteiger partial charge in [0.25, 0.3) is 5.91 Å². The first-order valence-corrected chi connectivity index (χ1v) is 7.36. The van der Waals surface area contributed by atoms with Crippen molar-refractivity contribution in [2.75, 3.05) is 5.32 Å². The van der Waals surface area contributed by atoms with Crippen LogP contribution in [0.2, 0.25) is 5.02 Å². The van der Waals surface area contributed by atoms with Crippen LogP contribution in [0.25, 0.3) is 0 Å². The van der Waals surface area contributed by atoms with E-state index in [0.29, 0.717) is 11.6 Å². The molecule has 3 rings (SSSR count). The molecule has 1 N–H and O–H groups in total. The lowest BCUT2D eigenvalue weighted by molar-refractivity contribution is 0.102. The first-order valence-electron chi connectivity index (χ1n) is 6.98. The van der Waals surface area contributed by atoms with Crippen LogP contribution in [0.3, 0.4) is 0 Å². The molecule has 0 bridgehead atoms. The van der Waals surface area contributed by atoms with Gasteiger partial charge in [-0.1, -0.05) is 41.9 Å². The number of rotatable bonds is 4. The SMILES string of the molecule is Cc1c(Cl)c(C(=O)Nc2ncn(Cc3ccccc3)n2)nn1C. The van der Waals surface area contributed by atoms with E-state index in [1.165, 1.54) is 0 Å². The second-order valence-corrected chi connectivity index (χ2v) is 5.46. The molecule has 0 aliphatic carbocycles. The average Bonchev–Trinajstić information content (AvgIpc) is 3.08. The Bertz CT molecular complexity index is 839. The smallest absolute Gasteiger partial charge is 0.280 e. The number of carbonyl (C=O) groups is 1. The van der Waals surface area contributed by atoms with Crippen molar-refractivity contribution < 1.29 is 4.79 Å². The summed E-state index contributed by atoms with van der Waals surface area (Å²) in [7, 11) is 1.73. The molecule has 0 saturated carbocycles. The number of carbonyl (C=O) groups excluding carboxylic acids is 1. The van der Waals surface area contributed by atoms with Gasteiger partial charge in [0.2, 0.25) is 5.95 Å². The highest BCUT2D eigenvalue weighted by atomic mass is 35.5. The molecule has 0 saturated heterocycles. The predicted octanol–water partition coefficient (Wildman–Crippen LogP) is 2.27. The van der Waals surface area contributed by atoms with Crippen molar-refractivity contribution in [1.82, 2.24) is 24.5 Å². The van der Waals surface area contributed by atoms with Gasteiger partial charge < -0.3 is 0 Å². The Labute approximate surface area is 137 Å². The summed E-state index contributed by atoms with van der Waals surface area (Å²) >= 11 is 6.10. The molecular formula is C15H15ClN6O. The van der Waals surface area contributed by atoms with Crippen LogP contribution in [0.15, 0.2) is 36.7 Å². The Balaban J connectivity index is 1.71. The van der Waals surface area contributed by atoms with Gasteiger partial charge in [-0.2, -0.15) is 5.10 Å². The van der Waals surface area contributed by atoms with Gasteiger partial charge in [0.1, 0.15) is 6.33 Å². The highest BCUT2D eigenvalue weighted by Gasteiger charge is 2.19. The molecule has 0 fully saturated rings. The minimum absolute atomic E-state index is 0.158. The van der Waals surface area contributed by atoms with Crippen molar-refractivity contribution in [3.63, 3.8) is 0 Å². The van der Waals surface area contributed by atoms with E-state index in [9.17, 15) is 4.79 Å². The minimum Gasteiger partial charge on any atom is -0.288 e. The van der Waals surface area contributed by atoms with Crippen molar-refractivity contribution in [3.8, 4) is 0 Å². The number of amides is 1. The lowest BCUT2D eigenvalue weighted by Crippen LogP contribution is -2.15.